The Labute approximate surface area is 187 Å². The molecule has 1 aliphatic rings. The normalized spacial score (nSPS) is 14.8. The second-order valence-electron chi connectivity index (χ2n) is 6.60. The van der Waals surface area contributed by atoms with Crippen molar-refractivity contribution in [1.82, 2.24) is 10.1 Å². The first-order valence-electron chi connectivity index (χ1n) is 9.06. The van der Waals surface area contributed by atoms with Gasteiger partial charge in [-0.1, -0.05) is 53.2 Å². The number of halogens is 2. The van der Waals surface area contributed by atoms with Gasteiger partial charge in [0.05, 0.1) is 21.8 Å². The lowest BCUT2D eigenvalue weighted by Gasteiger charge is -2.31. The molecular formula is C21H17Cl2N4O2S+. The zero-order chi connectivity index (χ0) is 21.4. The Morgan fingerprint density at radius 3 is 2.80 bits per heavy atom. The molecule has 152 valence electrons. The number of H-pyrrole nitrogens is 1. The molecule has 0 saturated carbocycles. The van der Waals surface area contributed by atoms with Crippen LogP contribution in [0, 0.1) is 0 Å². The molecule has 1 atom stereocenters. The number of amides is 1. The van der Waals surface area contributed by atoms with Crippen LogP contribution in [0.1, 0.15) is 18.7 Å². The predicted octanol–water partition coefficient (Wildman–Crippen LogP) is 4.22. The van der Waals surface area contributed by atoms with Gasteiger partial charge in [-0.2, -0.15) is 0 Å². The third-order valence-corrected chi connectivity index (χ3v) is 6.10. The molecule has 9 heteroatoms. The lowest BCUT2D eigenvalue weighted by Crippen LogP contribution is -2.60. The molecule has 1 aliphatic heterocycles. The number of hydrogen-bond acceptors (Lipinski definition) is 4. The third-order valence-electron chi connectivity index (χ3n) is 4.68. The molecule has 6 nitrogen and oxygen atoms in total. The minimum atomic E-state index is -0.748. The highest BCUT2D eigenvalue weighted by atomic mass is 35.5. The molecule has 0 spiro atoms. The molecule has 1 aromatic heterocycles. The summed E-state index contributed by atoms with van der Waals surface area (Å²) in [5, 5.41) is 5.92. The Balaban J connectivity index is 2.06. The molecule has 0 saturated heterocycles. The first-order chi connectivity index (χ1) is 14.4. The lowest BCUT2D eigenvalue weighted by atomic mass is 10.0. The second kappa shape index (κ2) is 8.26. The lowest BCUT2D eigenvalue weighted by molar-refractivity contribution is -0.763. The van der Waals surface area contributed by atoms with Crippen LogP contribution in [0.2, 0.25) is 10.0 Å². The Hall–Kier alpha value is -2.61. The monoisotopic (exact) mass is 459 g/mol. The topological polar surface area (TPSA) is 69.9 Å². The summed E-state index contributed by atoms with van der Waals surface area (Å²) in [7, 11) is 0. The van der Waals surface area contributed by atoms with E-state index in [1.807, 2.05) is 12.1 Å². The van der Waals surface area contributed by atoms with Crippen LogP contribution < -0.4 is 15.1 Å². The maximum atomic E-state index is 13.1. The largest absolute Gasteiger partial charge is 0.325 e. The van der Waals surface area contributed by atoms with Gasteiger partial charge in [-0.15, -0.1) is 6.58 Å². The fourth-order valence-electron chi connectivity index (χ4n) is 3.51. The minimum absolute atomic E-state index is 0.209. The van der Waals surface area contributed by atoms with Crippen LogP contribution in [0.15, 0.2) is 65.1 Å². The van der Waals surface area contributed by atoms with Crippen molar-refractivity contribution in [1.29, 1.82) is 0 Å². The number of nitrogens with one attached hydrogen (secondary N) is 1. The van der Waals surface area contributed by atoms with Crippen molar-refractivity contribution in [2.45, 2.75) is 18.2 Å². The van der Waals surface area contributed by atoms with Gasteiger partial charge in [0.2, 0.25) is 11.1 Å². The highest BCUT2D eigenvalue weighted by Crippen LogP contribution is 2.39. The Morgan fingerprint density at radius 1 is 1.33 bits per heavy atom. The number of aromatic amines is 1. The maximum Gasteiger partial charge on any atom is 0.325 e. The fourth-order valence-corrected chi connectivity index (χ4v) is 4.60. The molecule has 1 amide bonds. The van der Waals surface area contributed by atoms with Crippen molar-refractivity contribution >= 4 is 46.6 Å². The second-order valence-corrected chi connectivity index (χ2v) is 8.45. The molecule has 3 aromatic rings. The summed E-state index contributed by atoms with van der Waals surface area (Å²) in [6.45, 7) is 5.17. The summed E-state index contributed by atoms with van der Waals surface area (Å²) in [5.74, 6) is 0.362. The van der Waals surface area contributed by atoms with Crippen molar-refractivity contribution in [3.05, 3.63) is 81.1 Å². The molecule has 30 heavy (non-hydrogen) atoms. The summed E-state index contributed by atoms with van der Waals surface area (Å²) in [6.07, 6.45) is 0.974. The van der Waals surface area contributed by atoms with Crippen LogP contribution in [-0.4, -0.2) is 21.7 Å². The standard InChI is InChI=1S/C21H16Cl2N4O2S/c1-3-10-30-21-24-19(29)18-15-6-4-5-7-17(15)26(12(2)28)20(27(18)25-21)14-9-8-13(22)11-16(14)23/h3-9,11,20H,1,10H2,2H3/p+1/t20-/m1/s1. The Bertz CT molecular complexity index is 1230. The third kappa shape index (κ3) is 3.53. The predicted molar refractivity (Wildman–Crippen MR) is 119 cm³/mol. The van der Waals surface area contributed by atoms with Crippen LogP contribution in [-0.2, 0) is 4.79 Å². The van der Waals surface area contributed by atoms with Crippen LogP contribution in [0.5, 0.6) is 0 Å². The smallest absolute Gasteiger partial charge is 0.291 e. The maximum absolute atomic E-state index is 13.1. The number of anilines is 1. The highest BCUT2D eigenvalue weighted by Gasteiger charge is 2.45. The number of carbonyl (C=O) groups excluding carboxylic acids is 1. The first-order valence-corrected chi connectivity index (χ1v) is 10.8. The first kappa shape index (κ1) is 20.7. The number of thioether (sulfide) groups is 1. The average Bonchev–Trinajstić information content (AvgIpc) is 2.71. The molecule has 4 rings (SSSR count). The van der Waals surface area contributed by atoms with Gasteiger partial charge < -0.3 is 0 Å². The van der Waals surface area contributed by atoms with E-state index in [4.69, 9.17) is 23.2 Å². The number of nitrogens with zero attached hydrogens (tertiary/aromatic N) is 3. The molecule has 0 unspecified atom stereocenters. The number of benzene rings is 2. The zero-order valence-corrected chi connectivity index (χ0v) is 18.3. The molecule has 0 radical (unpaired) electrons. The van der Waals surface area contributed by atoms with Crippen molar-refractivity contribution < 1.29 is 9.48 Å². The van der Waals surface area contributed by atoms with Crippen molar-refractivity contribution in [2.75, 3.05) is 10.7 Å². The number of aromatic nitrogens is 3. The minimum Gasteiger partial charge on any atom is -0.291 e. The van der Waals surface area contributed by atoms with E-state index < -0.39 is 6.17 Å². The van der Waals surface area contributed by atoms with E-state index in [-0.39, 0.29) is 11.5 Å². The van der Waals surface area contributed by atoms with Crippen LogP contribution in [0.25, 0.3) is 11.3 Å². The Morgan fingerprint density at radius 2 is 2.10 bits per heavy atom. The van der Waals surface area contributed by atoms with Crippen LogP contribution in [0.3, 0.4) is 0 Å². The van der Waals surface area contributed by atoms with Crippen molar-refractivity contribution in [2.24, 2.45) is 0 Å². The summed E-state index contributed by atoms with van der Waals surface area (Å²) < 4.78 is 1.56. The van der Waals surface area contributed by atoms with Gasteiger partial charge in [0, 0.05) is 22.8 Å². The summed E-state index contributed by atoms with van der Waals surface area (Å²) in [4.78, 5) is 30.3. The molecule has 0 bridgehead atoms. The SMILES string of the molecule is C=CCSc1n[n+]2c(c(=O)[nH]1)-c1ccccc1N(C(C)=O)[C@H]2c1ccc(Cl)cc1Cl. The highest BCUT2D eigenvalue weighted by molar-refractivity contribution is 7.99. The van der Waals surface area contributed by atoms with Gasteiger partial charge in [-0.05, 0) is 35.0 Å². The van der Waals surface area contributed by atoms with Crippen molar-refractivity contribution in [3.63, 3.8) is 0 Å². The molecule has 2 aromatic carbocycles. The molecule has 0 fully saturated rings. The molecular weight excluding hydrogens is 443 g/mol. The van der Waals surface area contributed by atoms with E-state index in [2.05, 4.69) is 16.7 Å². The van der Waals surface area contributed by atoms with E-state index in [9.17, 15) is 9.59 Å². The van der Waals surface area contributed by atoms with E-state index in [0.29, 0.717) is 43.5 Å². The molecule has 1 N–H and O–H groups in total. The van der Waals surface area contributed by atoms with Crippen LogP contribution >= 0.6 is 35.0 Å². The van der Waals surface area contributed by atoms with Gasteiger partial charge in [-0.25, -0.2) is 4.90 Å². The van der Waals surface area contributed by atoms with Gasteiger partial charge in [0.1, 0.15) is 0 Å². The number of para-hydroxylation sites is 1. The van der Waals surface area contributed by atoms with E-state index in [1.54, 1.807) is 46.0 Å². The van der Waals surface area contributed by atoms with Gasteiger partial charge in [0.15, 0.2) is 0 Å². The fraction of sp³-hybridized carbons (Fsp3) is 0.143. The van der Waals surface area contributed by atoms with Gasteiger partial charge >= 0.3 is 11.3 Å². The number of hydrogen-bond donors (Lipinski definition) is 1. The zero-order valence-electron chi connectivity index (χ0n) is 15.9. The Kier molecular flexibility index (Phi) is 5.69. The number of carbonyl (C=O) groups is 1. The van der Waals surface area contributed by atoms with E-state index in [1.165, 1.54) is 18.7 Å². The quantitative estimate of drug-likeness (QED) is 0.360. The van der Waals surface area contributed by atoms with E-state index >= 15 is 0 Å². The van der Waals surface area contributed by atoms with Crippen LogP contribution in [0.4, 0.5) is 5.69 Å². The summed E-state index contributed by atoms with van der Waals surface area (Å²) in [5.41, 5.74) is 1.88. The average molecular weight is 460 g/mol. The summed E-state index contributed by atoms with van der Waals surface area (Å²) >= 11 is 13.9. The number of fused-ring (bicyclic) bond motifs is 3. The number of rotatable bonds is 4. The molecule has 2 heterocycles. The summed E-state index contributed by atoms with van der Waals surface area (Å²) in [6, 6.07) is 12.3. The van der Waals surface area contributed by atoms with Crippen molar-refractivity contribution in [3.8, 4) is 11.3 Å². The molecule has 0 aliphatic carbocycles. The van der Waals surface area contributed by atoms with Gasteiger partial charge in [-0.3, -0.25) is 14.6 Å². The van der Waals surface area contributed by atoms with E-state index in [0.717, 1.165) is 0 Å². The van der Waals surface area contributed by atoms with Gasteiger partial charge in [0.25, 0.3) is 6.17 Å².